The van der Waals surface area contributed by atoms with E-state index in [0.717, 1.165) is 49.5 Å². The maximum atomic E-state index is 13.0. The number of aromatic amines is 1. The summed E-state index contributed by atoms with van der Waals surface area (Å²) in [4.78, 5) is 22.5. The fourth-order valence-corrected chi connectivity index (χ4v) is 3.92. The Morgan fingerprint density at radius 1 is 1.36 bits per heavy atom. The standard InChI is InChI=1S/C20H25N3O2/c1-20(2)13-25-18-15(4-3-5-16(18)20)19(24)23-10-6-14(7-11-23)12-17-21-8-9-22-17/h3-5,8-9,14H,6-7,10-13H2,1-2H3,(H,21,22). The van der Waals surface area contributed by atoms with E-state index in [2.05, 4.69) is 29.9 Å². The highest BCUT2D eigenvalue weighted by Crippen LogP contribution is 2.41. The van der Waals surface area contributed by atoms with Gasteiger partial charge in [0.25, 0.3) is 5.91 Å². The molecule has 25 heavy (non-hydrogen) atoms. The second-order valence-electron chi connectivity index (χ2n) is 7.83. The van der Waals surface area contributed by atoms with Crippen LogP contribution < -0.4 is 4.74 Å². The first kappa shape index (κ1) is 16.2. The van der Waals surface area contributed by atoms with Crippen LogP contribution >= 0.6 is 0 Å². The Labute approximate surface area is 148 Å². The van der Waals surface area contributed by atoms with E-state index >= 15 is 0 Å². The van der Waals surface area contributed by atoms with Crippen LogP contribution in [0.15, 0.2) is 30.6 Å². The Bertz CT molecular complexity index is 759. The first-order valence-corrected chi connectivity index (χ1v) is 9.08. The van der Waals surface area contributed by atoms with Gasteiger partial charge >= 0.3 is 0 Å². The van der Waals surface area contributed by atoms with E-state index in [1.165, 1.54) is 0 Å². The molecule has 0 radical (unpaired) electrons. The van der Waals surface area contributed by atoms with Crippen molar-refractivity contribution < 1.29 is 9.53 Å². The Balaban J connectivity index is 1.44. The zero-order valence-electron chi connectivity index (χ0n) is 14.9. The lowest BCUT2D eigenvalue weighted by Gasteiger charge is -2.32. The first-order chi connectivity index (χ1) is 12.0. The fourth-order valence-electron chi connectivity index (χ4n) is 3.92. The number of nitrogens with zero attached hydrogens (tertiary/aromatic N) is 2. The number of ether oxygens (including phenoxy) is 1. The number of likely N-dealkylation sites (tertiary alicyclic amines) is 1. The van der Waals surface area contributed by atoms with E-state index in [1.54, 1.807) is 6.20 Å². The van der Waals surface area contributed by atoms with E-state index in [9.17, 15) is 4.79 Å². The number of hydrogen-bond donors (Lipinski definition) is 1. The van der Waals surface area contributed by atoms with Gasteiger partial charge in [0.05, 0.1) is 12.2 Å². The van der Waals surface area contributed by atoms with Gasteiger partial charge in [0.2, 0.25) is 0 Å². The van der Waals surface area contributed by atoms with Gasteiger partial charge in [-0.1, -0.05) is 26.0 Å². The van der Waals surface area contributed by atoms with Gasteiger partial charge in [0, 0.05) is 42.9 Å². The third-order valence-electron chi connectivity index (χ3n) is 5.49. The third kappa shape index (κ3) is 3.03. The Morgan fingerprint density at radius 2 is 2.16 bits per heavy atom. The van der Waals surface area contributed by atoms with E-state index in [4.69, 9.17) is 4.74 Å². The summed E-state index contributed by atoms with van der Waals surface area (Å²) in [5.74, 6) is 2.52. The van der Waals surface area contributed by atoms with Gasteiger partial charge in [-0.15, -0.1) is 0 Å². The molecule has 1 saturated heterocycles. The summed E-state index contributed by atoms with van der Waals surface area (Å²) in [5, 5.41) is 0. The molecule has 1 aromatic carbocycles. The Morgan fingerprint density at radius 3 is 2.88 bits per heavy atom. The molecule has 3 heterocycles. The summed E-state index contributed by atoms with van der Waals surface area (Å²) in [6.45, 7) is 6.56. The molecule has 0 unspecified atom stereocenters. The maximum absolute atomic E-state index is 13.0. The molecule has 5 heteroatoms. The zero-order chi connectivity index (χ0) is 17.4. The lowest BCUT2D eigenvalue weighted by Crippen LogP contribution is -2.39. The second kappa shape index (κ2) is 6.21. The number of aromatic nitrogens is 2. The lowest BCUT2D eigenvalue weighted by molar-refractivity contribution is 0.0686. The normalized spacial score (nSPS) is 19.5. The average molecular weight is 339 g/mol. The predicted octanol–water partition coefficient (Wildman–Crippen LogP) is 3.17. The predicted molar refractivity (Wildman–Crippen MR) is 95.9 cm³/mol. The molecule has 1 amide bonds. The molecule has 4 rings (SSSR count). The molecule has 1 aromatic heterocycles. The number of H-pyrrole nitrogens is 1. The number of nitrogens with one attached hydrogen (secondary N) is 1. The van der Waals surface area contributed by atoms with Crippen molar-refractivity contribution in [3.8, 4) is 5.75 Å². The number of imidazole rings is 1. The topological polar surface area (TPSA) is 58.2 Å². The van der Waals surface area contributed by atoms with Crippen LogP contribution in [0.1, 0.15) is 48.4 Å². The third-order valence-corrected chi connectivity index (χ3v) is 5.49. The quantitative estimate of drug-likeness (QED) is 0.934. The molecule has 0 bridgehead atoms. The summed E-state index contributed by atoms with van der Waals surface area (Å²) in [6, 6.07) is 5.96. The molecule has 1 N–H and O–H groups in total. The number of fused-ring (bicyclic) bond motifs is 1. The zero-order valence-corrected chi connectivity index (χ0v) is 14.9. The highest BCUT2D eigenvalue weighted by atomic mass is 16.5. The SMILES string of the molecule is CC1(C)COc2c(C(=O)N3CCC(Cc4ncc[nH]4)CC3)cccc21. The minimum Gasteiger partial charge on any atom is -0.492 e. The van der Waals surface area contributed by atoms with Crippen LogP contribution in [0.4, 0.5) is 0 Å². The number of amides is 1. The molecule has 2 aliphatic rings. The van der Waals surface area contributed by atoms with E-state index in [1.807, 2.05) is 23.2 Å². The van der Waals surface area contributed by atoms with Gasteiger partial charge in [-0.2, -0.15) is 0 Å². The number of hydrogen-bond acceptors (Lipinski definition) is 3. The second-order valence-corrected chi connectivity index (χ2v) is 7.83. The monoisotopic (exact) mass is 339 g/mol. The van der Waals surface area contributed by atoms with Crippen LogP contribution in [0, 0.1) is 5.92 Å². The molecule has 0 atom stereocenters. The van der Waals surface area contributed by atoms with Crippen LogP contribution in [0.25, 0.3) is 0 Å². The Kier molecular flexibility index (Phi) is 4.02. The number of carbonyl (C=O) groups is 1. The number of rotatable bonds is 3. The molecule has 132 valence electrons. The van der Waals surface area contributed by atoms with Gasteiger partial charge < -0.3 is 14.6 Å². The number of piperidine rings is 1. The van der Waals surface area contributed by atoms with Crippen molar-refractivity contribution in [3.63, 3.8) is 0 Å². The van der Waals surface area contributed by atoms with Crippen molar-refractivity contribution in [2.45, 2.75) is 38.5 Å². The Hall–Kier alpha value is -2.30. The van der Waals surface area contributed by atoms with Crippen molar-refractivity contribution in [2.24, 2.45) is 5.92 Å². The number of carbonyl (C=O) groups excluding carboxylic acids is 1. The van der Waals surface area contributed by atoms with Crippen molar-refractivity contribution in [1.82, 2.24) is 14.9 Å². The summed E-state index contributed by atoms with van der Waals surface area (Å²) in [5.41, 5.74) is 1.83. The highest BCUT2D eigenvalue weighted by molar-refractivity contribution is 5.97. The van der Waals surface area contributed by atoms with Crippen LogP contribution in [-0.2, 0) is 11.8 Å². The molecule has 2 aromatic rings. The molecule has 1 fully saturated rings. The summed E-state index contributed by atoms with van der Waals surface area (Å²) in [7, 11) is 0. The van der Waals surface area contributed by atoms with Crippen LogP contribution in [0.2, 0.25) is 0 Å². The highest BCUT2D eigenvalue weighted by Gasteiger charge is 2.35. The smallest absolute Gasteiger partial charge is 0.257 e. The molecular weight excluding hydrogens is 314 g/mol. The fraction of sp³-hybridized carbons (Fsp3) is 0.500. The number of benzene rings is 1. The minimum absolute atomic E-state index is 0.0261. The van der Waals surface area contributed by atoms with Crippen LogP contribution in [0.5, 0.6) is 5.75 Å². The molecule has 5 nitrogen and oxygen atoms in total. The molecule has 0 spiro atoms. The average Bonchev–Trinajstić information content (AvgIpc) is 3.23. The lowest BCUT2D eigenvalue weighted by atomic mass is 9.86. The first-order valence-electron chi connectivity index (χ1n) is 9.08. The number of para-hydroxylation sites is 1. The van der Waals surface area contributed by atoms with Crippen molar-refractivity contribution in [1.29, 1.82) is 0 Å². The maximum Gasteiger partial charge on any atom is 0.257 e. The van der Waals surface area contributed by atoms with Crippen molar-refractivity contribution in [3.05, 3.63) is 47.5 Å². The van der Waals surface area contributed by atoms with E-state index in [0.29, 0.717) is 18.1 Å². The van der Waals surface area contributed by atoms with E-state index < -0.39 is 0 Å². The van der Waals surface area contributed by atoms with Crippen molar-refractivity contribution in [2.75, 3.05) is 19.7 Å². The van der Waals surface area contributed by atoms with Gasteiger partial charge in [-0.25, -0.2) is 4.98 Å². The minimum atomic E-state index is -0.0261. The molecule has 0 saturated carbocycles. The van der Waals surface area contributed by atoms with Gasteiger partial charge in [0.15, 0.2) is 0 Å². The van der Waals surface area contributed by atoms with Gasteiger partial charge in [-0.3, -0.25) is 4.79 Å². The largest absolute Gasteiger partial charge is 0.492 e. The molecule has 0 aliphatic carbocycles. The summed E-state index contributed by atoms with van der Waals surface area (Å²) < 4.78 is 5.89. The molecule has 2 aliphatic heterocycles. The van der Waals surface area contributed by atoms with E-state index in [-0.39, 0.29) is 11.3 Å². The summed E-state index contributed by atoms with van der Waals surface area (Å²) in [6.07, 6.45) is 6.67. The van der Waals surface area contributed by atoms with Crippen LogP contribution in [-0.4, -0.2) is 40.5 Å². The summed E-state index contributed by atoms with van der Waals surface area (Å²) >= 11 is 0. The van der Waals surface area contributed by atoms with Crippen molar-refractivity contribution >= 4 is 5.91 Å². The van der Waals surface area contributed by atoms with Gasteiger partial charge in [0.1, 0.15) is 11.6 Å². The molecular formula is C20H25N3O2. The van der Waals surface area contributed by atoms with Crippen LogP contribution in [0.3, 0.4) is 0 Å². The van der Waals surface area contributed by atoms with Gasteiger partial charge in [-0.05, 0) is 24.8 Å².